The number of ether oxygens (including phenoxy) is 1. The lowest BCUT2D eigenvalue weighted by Crippen LogP contribution is -2.38. The fourth-order valence-corrected chi connectivity index (χ4v) is 0.927. The van der Waals surface area contributed by atoms with E-state index < -0.39 is 18.0 Å². The fourth-order valence-electron chi connectivity index (χ4n) is 0.927. The molecule has 0 aromatic rings. The number of carboxylic acid groups (broad SMARTS) is 1. The van der Waals surface area contributed by atoms with E-state index in [0.29, 0.717) is 6.42 Å². The molecular formula is C10H16N2O5. The first-order valence-electron chi connectivity index (χ1n) is 5.02. The Bertz CT molecular complexity index is 303. The van der Waals surface area contributed by atoms with Gasteiger partial charge in [-0.25, -0.2) is 9.59 Å². The van der Waals surface area contributed by atoms with Crippen LogP contribution in [0.3, 0.4) is 0 Å². The molecule has 0 spiro atoms. The highest BCUT2D eigenvalue weighted by molar-refractivity contribution is 6.31. The first kappa shape index (κ1) is 14.9. The molecule has 0 fully saturated rings. The second-order valence-corrected chi connectivity index (χ2v) is 3.28. The van der Waals surface area contributed by atoms with Gasteiger partial charge in [-0.15, -0.1) is 0 Å². The molecule has 0 aromatic carbocycles. The van der Waals surface area contributed by atoms with Gasteiger partial charge >= 0.3 is 18.0 Å². The molecule has 7 nitrogen and oxygen atoms in total. The molecule has 0 bridgehead atoms. The highest BCUT2D eigenvalue weighted by atomic mass is 16.5. The van der Waals surface area contributed by atoms with Crippen LogP contribution < -0.4 is 10.6 Å². The summed E-state index contributed by atoms with van der Waals surface area (Å²) in [4.78, 5) is 31.9. The topological polar surface area (TPSA) is 105 Å². The van der Waals surface area contributed by atoms with Crippen molar-refractivity contribution in [2.45, 2.75) is 19.4 Å². The standard InChI is InChI=1S/C10H16N2O5/c1-3-6-17-10(16)12-7(2)4-5-11-8(13)9(14)15/h3,7H,1,4-6H2,2H3,(H,11,13)(H,12,16)(H,14,15). The third-order valence-electron chi connectivity index (χ3n) is 1.75. The zero-order chi connectivity index (χ0) is 13.3. The minimum Gasteiger partial charge on any atom is -0.474 e. The van der Waals surface area contributed by atoms with Crippen LogP contribution in [0.4, 0.5) is 4.79 Å². The lowest BCUT2D eigenvalue weighted by Gasteiger charge is -2.13. The summed E-state index contributed by atoms with van der Waals surface area (Å²) in [5.41, 5.74) is 0. The third kappa shape index (κ3) is 7.83. The van der Waals surface area contributed by atoms with Crippen molar-refractivity contribution in [2.24, 2.45) is 0 Å². The largest absolute Gasteiger partial charge is 0.474 e. The fraction of sp³-hybridized carbons (Fsp3) is 0.500. The molecule has 0 aliphatic carbocycles. The van der Waals surface area contributed by atoms with Gasteiger partial charge in [-0.2, -0.15) is 0 Å². The number of carbonyl (C=O) groups is 3. The molecule has 0 heterocycles. The molecule has 96 valence electrons. The summed E-state index contributed by atoms with van der Waals surface area (Å²) in [6, 6.07) is -0.235. The molecule has 0 aliphatic heterocycles. The van der Waals surface area contributed by atoms with E-state index in [9.17, 15) is 14.4 Å². The summed E-state index contributed by atoms with van der Waals surface area (Å²) in [6.07, 6.45) is 1.27. The molecule has 0 rings (SSSR count). The van der Waals surface area contributed by atoms with E-state index in [1.807, 2.05) is 0 Å². The molecule has 0 radical (unpaired) electrons. The van der Waals surface area contributed by atoms with Crippen molar-refractivity contribution in [3.63, 3.8) is 0 Å². The average Bonchev–Trinajstić information content (AvgIpc) is 2.25. The maximum Gasteiger partial charge on any atom is 0.407 e. The molecule has 0 aromatic heterocycles. The predicted octanol–water partition coefficient (Wildman–Crippen LogP) is -0.122. The Hall–Kier alpha value is -2.05. The summed E-state index contributed by atoms with van der Waals surface area (Å²) in [6.45, 7) is 5.38. The molecule has 2 amide bonds. The molecule has 0 saturated carbocycles. The van der Waals surface area contributed by atoms with E-state index in [2.05, 4.69) is 21.9 Å². The molecule has 3 N–H and O–H groups in total. The Morgan fingerprint density at radius 2 is 2.12 bits per heavy atom. The van der Waals surface area contributed by atoms with Crippen molar-refractivity contribution in [3.05, 3.63) is 12.7 Å². The zero-order valence-corrected chi connectivity index (χ0v) is 9.56. The molecule has 1 atom stereocenters. The van der Waals surface area contributed by atoms with Gasteiger partial charge in [-0.05, 0) is 13.3 Å². The van der Waals surface area contributed by atoms with Crippen LogP contribution in [0.2, 0.25) is 0 Å². The average molecular weight is 244 g/mol. The van der Waals surface area contributed by atoms with Crippen molar-refractivity contribution >= 4 is 18.0 Å². The van der Waals surface area contributed by atoms with Crippen LogP contribution in [-0.2, 0) is 14.3 Å². The number of alkyl carbamates (subject to hydrolysis) is 1. The predicted molar refractivity (Wildman–Crippen MR) is 59.4 cm³/mol. The highest BCUT2D eigenvalue weighted by Gasteiger charge is 2.11. The molecular weight excluding hydrogens is 228 g/mol. The number of carboxylic acids is 1. The zero-order valence-electron chi connectivity index (χ0n) is 9.56. The van der Waals surface area contributed by atoms with Gasteiger partial charge in [0, 0.05) is 12.6 Å². The van der Waals surface area contributed by atoms with E-state index in [1.165, 1.54) is 6.08 Å². The number of aliphatic carboxylic acids is 1. The van der Waals surface area contributed by atoms with Crippen molar-refractivity contribution in [1.82, 2.24) is 10.6 Å². The van der Waals surface area contributed by atoms with Gasteiger partial charge in [-0.1, -0.05) is 12.7 Å². The quantitative estimate of drug-likeness (QED) is 0.446. The molecule has 0 aliphatic rings. The number of amides is 2. The molecule has 17 heavy (non-hydrogen) atoms. The Kier molecular flexibility index (Phi) is 7.16. The molecule has 7 heteroatoms. The van der Waals surface area contributed by atoms with Gasteiger partial charge < -0.3 is 20.5 Å². The number of hydrogen-bond donors (Lipinski definition) is 3. The Balaban J connectivity index is 3.68. The summed E-state index contributed by atoms with van der Waals surface area (Å²) in [5, 5.41) is 13.0. The summed E-state index contributed by atoms with van der Waals surface area (Å²) in [5.74, 6) is -2.59. The van der Waals surface area contributed by atoms with Gasteiger partial charge in [-0.3, -0.25) is 4.79 Å². The van der Waals surface area contributed by atoms with Crippen LogP contribution in [0.1, 0.15) is 13.3 Å². The first-order chi connectivity index (χ1) is 7.97. The molecule has 0 saturated heterocycles. The Morgan fingerprint density at radius 1 is 1.47 bits per heavy atom. The number of hydrogen-bond acceptors (Lipinski definition) is 4. The van der Waals surface area contributed by atoms with E-state index in [-0.39, 0.29) is 19.2 Å². The van der Waals surface area contributed by atoms with E-state index in [4.69, 9.17) is 5.11 Å². The van der Waals surface area contributed by atoms with Gasteiger partial charge in [0.2, 0.25) is 0 Å². The lowest BCUT2D eigenvalue weighted by molar-refractivity contribution is -0.150. The number of rotatable bonds is 6. The SMILES string of the molecule is C=CCOC(=O)NC(C)CCNC(=O)C(=O)O. The van der Waals surface area contributed by atoms with Crippen LogP contribution in [0.25, 0.3) is 0 Å². The van der Waals surface area contributed by atoms with Crippen LogP contribution in [0.5, 0.6) is 0 Å². The van der Waals surface area contributed by atoms with Crippen molar-refractivity contribution < 1.29 is 24.2 Å². The number of carbonyl (C=O) groups excluding carboxylic acids is 2. The van der Waals surface area contributed by atoms with Crippen molar-refractivity contribution in [3.8, 4) is 0 Å². The van der Waals surface area contributed by atoms with E-state index in [1.54, 1.807) is 6.92 Å². The van der Waals surface area contributed by atoms with Crippen LogP contribution >= 0.6 is 0 Å². The second-order valence-electron chi connectivity index (χ2n) is 3.28. The lowest BCUT2D eigenvalue weighted by atomic mass is 10.2. The monoisotopic (exact) mass is 244 g/mol. The Morgan fingerprint density at radius 3 is 2.65 bits per heavy atom. The summed E-state index contributed by atoms with van der Waals surface area (Å²) < 4.78 is 4.68. The van der Waals surface area contributed by atoms with Crippen molar-refractivity contribution in [2.75, 3.05) is 13.2 Å². The highest BCUT2D eigenvalue weighted by Crippen LogP contribution is 1.90. The summed E-state index contributed by atoms with van der Waals surface area (Å²) in [7, 11) is 0. The molecule has 1 unspecified atom stereocenters. The first-order valence-corrected chi connectivity index (χ1v) is 5.02. The van der Waals surface area contributed by atoms with Gasteiger partial charge in [0.1, 0.15) is 6.61 Å². The van der Waals surface area contributed by atoms with Gasteiger partial charge in [0.15, 0.2) is 0 Å². The van der Waals surface area contributed by atoms with Gasteiger partial charge in [0.25, 0.3) is 0 Å². The van der Waals surface area contributed by atoms with E-state index in [0.717, 1.165) is 0 Å². The maximum atomic E-state index is 11.1. The maximum absolute atomic E-state index is 11.1. The van der Waals surface area contributed by atoms with E-state index >= 15 is 0 Å². The van der Waals surface area contributed by atoms with Crippen LogP contribution in [0, 0.1) is 0 Å². The van der Waals surface area contributed by atoms with Crippen LogP contribution in [0.15, 0.2) is 12.7 Å². The van der Waals surface area contributed by atoms with Gasteiger partial charge in [0.05, 0.1) is 0 Å². The van der Waals surface area contributed by atoms with Crippen molar-refractivity contribution in [1.29, 1.82) is 0 Å². The second kappa shape index (κ2) is 8.14. The normalized spacial score (nSPS) is 11.1. The smallest absolute Gasteiger partial charge is 0.407 e. The summed E-state index contributed by atoms with van der Waals surface area (Å²) >= 11 is 0. The number of nitrogens with one attached hydrogen (secondary N) is 2. The minimum absolute atomic E-state index is 0.119. The minimum atomic E-state index is -1.53. The third-order valence-corrected chi connectivity index (χ3v) is 1.75. The van der Waals surface area contributed by atoms with Crippen LogP contribution in [-0.4, -0.2) is 42.3 Å². The Labute approximate surface area is 98.8 Å².